The number of aromatic carboxylic acids is 1. The van der Waals surface area contributed by atoms with Gasteiger partial charge in [-0.25, -0.2) is 4.79 Å². The molecule has 0 aliphatic carbocycles. The van der Waals surface area contributed by atoms with E-state index >= 15 is 0 Å². The molecule has 0 radical (unpaired) electrons. The maximum absolute atomic E-state index is 12.6. The Morgan fingerprint density at radius 3 is 2.41 bits per heavy atom. The second-order valence-corrected chi connectivity index (χ2v) is 7.37. The summed E-state index contributed by atoms with van der Waals surface area (Å²) in [6.45, 7) is 4.33. The first-order valence-electron chi connectivity index (χ1n) is 10.6. The fourth-order valence-corrected chi connectivity index (χ4v) is 3.12. The molecule has 1 amide bonds. The highest BCUT2D eigenvalue weighted by Gasteiger charge is 2.13. The third kappa shape index (κ3) is 6.24. The fraction of sp³-hybridized carbons (Fsp3) is 0.148. The van der Waals surface area contributed by atoms with Crippen LogP contribution in [0, 0.1) is 18.3 Å². The van der Waals surface area contributed by atoms with Gasteiger partial charge >= 0.3 is 5.97 Å². The number of amides is 1. The van der Waals surface area contributed by atoms with Crippen molar-refractivity contribution in [3.63, 3.8) is 0 Å². The molecule has 0 bridgehead atoms. The van der Waals surface area contributed by atoms with Gasteiger partial charge in [0.15, 0.2) is 11.5 Å². The maximum atomic E-state index is 12.6. The Kier molecular flexibility index (Phi) is 8.03. The first-order valence-corrected chi connectivity index (χ1v) is 10.6. The topological polar surface area (TPSA) is 109 Å². The molecule has 172 valence electrons. The minimum absolute atomic E-state index is 0.0436. The average molecular weight is 456 g/mol. The van der Waals surface area contributed by atoms with E-state index in [0.717, 1.165) is 11.1 Å². The summed E-state index contributed by atoms with van der Waals surface area (Å²) in [5.41, 5.74) is 3.11. The largest absolute Gasteiger partial charge is 0.490 e. The second-order valence-electron chi connectivity index (χ2n) is 7.37. The molecule has 0 fully saturated rings. The number of anilines is 1. The fourth-order valence-electron chi connectivity index (χ4n) is 3.12. The number of carboxylic acid groups (broad SMARTS) is 1. The van der Waals surface area contributed by atoms with Crippen LogP contribution >= 0.6 is 0 Å². The lowest BCUT2D eigenvalue weighted by molar-refractivity contribution is -0.112. The van der Waals surface area contributed by atoms with Crippen LogP contribution in [-0.4, -0.2) is 23.6 Å². The van der Waals surface area contributed by atoms with Crippen molar-refractivity contribution in [2.45, 2.75) is 20.5 Å². The van der Waals surface area contributed by atoms with Crippen LogP contribution in [0.2, 0.25) is 0 Å². The summed E-state index contributed by atoms with van der Waals surface area (Å²) in [5.74, 6) is -0.529. The SMILES string of the molecule is CCOc1cc(/C=C(\C#N)C(=O)Nc2ccccc2C)ccc1OCc1ccc(C(=O)O)cc1. The number of para-hydroxylation sites is 1. The first kappa shape index (κ1) is 24.1. The molecule has 3 rings (SSSR count). The van der Waals surface area contributed by atoms with Gasteiger partial charge in [-0.15, -0.1) is 0 Å². The number of hydrogen-bond donors (Lipinski definition) is 2. The molecule has 0 aliphatic rings. The zero-order chi connectivity index (χ0) is 24.5. The molecular weight excluding hydrogens is 432 g/mol. The number of carboxylic acids is 1. The Labute approximate surface area is 197 Å². The zero-order valence-corrected chi connectivity index (χ0v) is 18.9. The van der Waals surface area contributed by atoms with E-state index in [0.29, 0.717) is 29.4 Å². The summed E-state index contributed by atoms with van der Waals surface area (Å²) in [6, 6.07) is 20.8. The molecule has 0 spiro atoms. The van der Waals surface area contributed by atoms with Crippen molar-refractivity contribution in [2.24, 2.45) is 0 Å². The number of nitrogens with one attached hydrogen (secondary N) is 1. The number of nitriles is 1. The van der Waals surface area contributed by atoms with E-state index in [1.807, 2.05) is 38.1 Å². The molecule has 0 atom stereocenters. The van der Waals surface area contributed by atoms with Crippen molar-refractivity contribution in [2.75, 3.05) is 11.9 Å². The lowest BCUT2D eigenvalue weighted by Gasteiger charge is -2.13. The van der Waals surface area contributed by atoms with Crippen molar-refractivity contribution in [1.82, 2.24) is 0 Å². The normalized spacial score (nSPS) is 10.8. The third-order valence-electron chi connectivity index (χ3n) is 4.93. The van der Waals surface area contributed by atoms with Gasteiger partial charge in [-0.2, -0.15) is 5.26 Å². The molecule has 3 aromatic rings. The minimum atomic E-state index is -0.987. The van der Waals surface area contributed by atoms with Gasteiger partial charge in [0.2, 0.25) is 0 Å². The summed E-state index contributed by atoms with van der Waals surface area (Å²) in [4.78, 5) is 23.6. The van der Waals surface area contributed by atoms with Crippen LogP contribution in [0.3, 0.4) is 0 Å². The van der Waals surface area contributed by atoms with Gasteiger partial charge in [-0.3, -0.25) is 4.79 Å². The number of ether oxygens (including phenoxy) is 2. The van der Waals surface area contributed by atoms with Gasteiger partial charge in [-0.05, 0) is 66.9 Å². The monoisotopic (exact) mass is 456 g/mol. The minimum Gasteiger partial charge on any atom is -0.490 e. The van der Waals surface area contributed by atoms with E-state index in [9.17, 15) is 14.9 Å². The first-order chi connectivity index (χ1) is 16.4. The van der Waals surface area contributed by atoms with Crippen molar-refractivity contribution in [1.29, 1.82) is 5.26 Å². The maximum Gasteiger partial charge on any atom is 0.335 e. The molecule has 2 N–H and O–H groups in total. The number of hydrogen-bond acceptors (Lipinski definition) is 5. The average Bonchev–Trinajstić information content (AvgIpc) is 2.83. The summed E-state index contributed by atoms with van der Waals surface area (Å²) < 4.78 is 11.6. The Morgan fingerprint density at radius 2 is 1.76 bits per heavy atom. The number of benzene rings is 3. The Balaban J connectivity index is 1.77. The Morgan fingerprint density at radius 1 is 1.03 bits per heavy atom. The van der Waals surface area contributed by atoms with Gasteiger partial charge in [0.25, 0.3) is 5.91 Å². The molecular formula is C27H24N2O5. The highest BCUT2D eigenvalue weighted by Crippen LogP contribution is 2.30. The number of rotatable bonds is 9. The smallest absolute Gasteiger partial charge is 0.335 e. The standard InChI is InChI=1S/C27H24N2O5/c1-3-33-25-15-20(14-22(16-28)26(30)29-23-7-5-4-6-18(23)2)10-13-24(25)34-17-19-8-11-21(12-9-19)27(31)32/h4-15H,3,17H2,1-2H3,(H,29,30)(H,31,32)/b22-14+. The van der Waals surface area contributed by atoms with E-state index in [-0.39, 0.29) is 17.7 Å². The molecule has 7 nitrogen and oxygen atoms in total. The number of aryl methyl sites for hydroxylation is 1. The predicted octanol–water partition coefficient (Wildman–Crippen LogP) is 5.22. The van der Waals surface area contributed by atoms with Crippen LogP contribution in [-0.2, 0) is 11.4 Å². The third-order valence-corrected chi connectivity index (χ3v) is 4.93. The molecule has 7 heteroatoms. The summed E-state index contributed by atoms with van der Waals surface area (Å²) in [6.07, 6.45) is 1.49. The Bertz CT molecular complexity index is 1260. The van der Waals surface area contributed by atoms with Crippen LogP contribution in [0.4, 0.5) is 5.69 Å². The van der Waals surface area contributed by atoms with Crippen LogP contribution in [0.25, 0.3) is 6.08 Å². The quantitative estimate of drug-likeness (QED) is 0.338. The summed E-state index contributed by atoms with van der Waals surface area (Å²) >= 11 is 0. The predicted molar refractivity (Wildman–Crippen MR) is 129 cm³/mol. The lowest BCUT2D eigenvalue weighted by atomic mass is 10.1. The molecule has 0 aliphatic heterocycles. The number of nitrogens with zero attached hydrogens (tertiary/aromatic N) is 1. The highest BCUT2D eigenvalue weighted by atomic mass is 16.5. The van der Waals surface area contributed by atoms with E-state index in [2.05, 4.69) is 5.32 Å². The Hall–Kier alpha value is -4.57. The van der Waals surface area contributed by atoms with Crippen LogP contribution in [0.15, 0.2) is 72.3 Å². The van der Waals surface area contributed by atoms with E-state index in [4.69, 9.17) is 14.6 Å². The van der Waals surface area contributed by atoms with Gasteiger partial charge in [0.1, 0.15) is 18.2 Å². The molecule has 0 saturated heterocycles. The van der Waals surface area contributed by atoms with Crippen LogP contribution in [0.5, 0.6) is 11.5 Å². The van der Waals surface area contributed by atoms with Crippen molar-refractivity contribution in [3.8, 4) is 17.6 Å². The number of carbonyl (C=O) groups is 2. The van der Waals surface area contributed by atoms with Crippen LogP contribution in [0.1, 0.15) is 34.0 Å². The van der Waals surface area contributed by atoms with Gasteiger partial charge in [0, 0.05) is 5.69 Å². The zero-order valence-electron chi connectivity index (χ0n) is 18.9. The molecule has 3 aromatic carbocycles. The van der Waals surface area contributed by atoms with Crippen LogP contribution < -0.4 is 14.8 Å². The highest BCUT2D eigenvalue weighted by molar-refractivity contribution is 6.10. The second kappa shape index (κ2) is 11.3. The van der Waals surface area contributed by atoms with E-state index in [1.165, 1.54) is 18.2 Å². The van der Waals surface area contributed by atoms with Gasteiger partial charge in [0.05, 0.1) is 12.2 Å². The van der Waals surface area contributed by atoms with Gasteiger partial charge in [-0.1, -0.05) is 36.4 Å². The van der Waals surface area contributed by atoms with Crippen molar-refractivity contribution >= 4 is 23.6 Å². The summed E-state index contributed by atoms with van der Waals surface area (Å²) in [7, 11) is 0. The molecule has 0 saturated carbocycles. The molecule has 0 aromatic heterocycles. The van der Waals surface area contributed by atoms with E-state index in [1.54, 1.807) is 36.4 Å². The molecule has 0 unspecified atom stereocenters. The summed E-state index contributed by atoms with van der Waals surface area (Å²) in [5, 5.41) is 21.3. The molecule has 34 heavy (non-hydrogen) atoms. The lowest BCUT2D eigenvalue weighted by Crippen LogP contribution is -2.14. The molecule has 0 heterocycles. The van der Waals surface area contributed by atoms with Crippen molar-refractivity contribution < 1.29 is 24.2 Å². The number of carbonyl (C=O) groups excluding carboxylic acids is 1. The van der Waals surface area contributed by atoms with E-state index < -0.39 is 11.9 Å². The van der Waals surface area contributed by atoms with Gasteiger partial charge < -0.3 is 19.9 Å². The van der Waals surface area contributed by atoms with Crippen molar-refractivity contribution in [3.05, 3.63) is 94.6 Å².